The maximum atomic E-state index is 13.9. The summed E-state index contributed by atoms with van der Waals surface area (Å²) in [5.41, 5.74) is 0.156. The summed E-state index contributed by atoms with van der Waals surface area (Å²) in [5, 5.41) is 3.32. The molecule has 0 bridgehead atoms. The van der Waals surface area contributed by atoms with Gasteiger partial charge in [-0.15, -0.1) is 0 Å². The highest BCUT2D eigenvalue weighted by molar-refractivity contribution is 5.76. The van der Waals surface area contributed by atoms with Gasteiger partial charge in [-0.3, -0.25) is 4.79 Å². The summed E-state index contributed by atoms with van der Waals surface area (Å²) in [7, 11) is 0. The standard InChI is InChI=1S/C20H25F2N3O2/c1-2-11-25(15-7-9-23-10-8-15)20(26)6-5-19-24-13-18(27-19)16-4-3-14(21)12-17(16)22/h3-4,12-13,15,23H,2,5-11H2,1H3. The molecule has 1 aliphatic heterocycles. The molecule has 5 nitrogen and oxygen atoms in total. The Balaban J connectivity index is 1.62. The van der Waals surface area contributed by atoms with Gasteiger partial charge >= 0.3 is 0 Å². The van der Waals surface area contributed by atoms with Gasteiger partial charge in [0.1, 0.15) is 11.6 Å². The molecule has 0 spiro atoms. The van der Waals surface area contributed by atoms with Crippen molar-refractivity contribution < 1.29 is 18.0 Å². The number of benzene rings is 1. The van der Waals surface area contributed by atoms with Gasteiger partial charge in [0.25, 0.3) is 0 Å². The van der Waals surface area contributed by atoms with Gasteiger partial charge < -0.3 is 14.6 Å². The minimum atomic E-state index is -0.700. The van der Waals surface area contributed by atoms with Crippen LogP contribution >= 0.6 is 0 Å². The summed E-state index contributed by atoms with van der Waals surface area (Å²) in [6.45, 7) is 4.69. The van der Waals surface area contributed by atoms with Crippen molar-refractivity contribution in [2.24, 2.45) is 0 Å². The van der Waals surface area contributed by atoms with E-state index in [0.717, 1.165) is 45.0 Å². The second-order valence-corrected chi connectivity index (χ2v) is 6.81. The molecule has 1 aliphatic rings. The fourth-order valence-corrected chi connectivity index (χ4v) is 3.47. The Morgan fingerprint density at radius 1 is 1.33 bits per heavy atom. The van der Waals surface area contributed by atoms with Gasteiger partial charge in [-0.1, -0.05) is 6.92 Å². The summed E-state index contributed by atoms with van der Waals surface area (Å²) >= 11 is 0. The van der Waals surface area contributed by atoms with Crippen LogP contribution in [0.25, 0.3) is 11.3 Å². The number of aryl methyl sites for hydroxylation is 1. The van der Waals surface area contributed by atoms with Crippen molar-refractivity contribution in [3.63, 3.8) is 0 Å². The number of hydrogen-bond donors (Lipinski definition) is 1. The van der Waals surface area contributed by atoms with Crippen molar-refractivity contribution in [3.05, 3.63) is 41.9 Å². The van der Waals surface area contributed by atoms with Gasteiger partial charge in [0.05, 0.1) is 11.8 Å². The average molecular weight is 377 g/mol. The lowest BCUT2D eigenvalue weighted by Crippen LogP contribution is -2.46. The van der Waals surface area contributed by atoms with Crippen LogP contribution in [0.4, 0.5) is 8.78 Å². The third-order valence-electron chi connectivity index (χ3n) is 4.84. The minimum absolute atomic E-state index is 0.0939. The predicted octanol–water partition coefficient (Wildman–Crippen LogP) is 3.54. The van der Waals surface area contributed by atoms with Crippen LogP contribution in [0.3, 0.4) is 0 Å². The van der Waals surface area contributed by atoms with Crippen LogP contribution in [0.1, 0.15) is 38.5 Å². The summed E-state index contributed by atoms with van der Waals surface area (Å²) in [5.74, 6) is -0.636. The number of rotatable bonds is 7. The van der Waals surface area contributed by atoms with Crippen LogP contribution < -0.4 is 5.32 Å². The third-order valence-corrected chi connectivity index (χ3v) is 4.84. The van der Waals surface area contributed by atoms with E-state index in [4.69, 9.17) is 4.42 Å². The second kappa shape index (κ2) is 9.08. The zero-order valence-corrected chi connectivity index (χ0v) is 15.5. The molecule has 146 valence electrons. The van der Waals surface area contributed by atoms with Crippen LogP contribution in [-0.4, -0.2) is 41.5 Å². The molecule has 0 unspecified atom stereocenters. The molecule has 0 aliphatic carbocycles. The smallest absolute Gasteiger partial charge is 0.223 e. The number of nitrogens with one attached hydrogen (secondary N) is 1. The lowest BCUT2D eigenvalue weighted by molar-refractivity contribution is -0.134. The highest BCUT2D eigenvalue weighted by Crippen LogP contribution is 2.25. The van der Waals surface area contributed by atoms with E-state index in [2.05, 4.69) is 17.2 Å². The van der Waals surface area contributed by atoms with E-state index < -0.39 is 11.6 Å². The molecule has 1 N–H and O–H groups in total. The SMILES string of the molecule is CCCN(C(=O)CCc1ncc(-c2ccc(F)cc2F)o1)C1CCNCC1. The zero-order valence-electron chi connectivity index (χ0n) is 15.5. The molecule has 3 rings (SSSR count). The molecule has 1 fully saturated rings. The van der Waals surface area contributed by atoms with Crippen LogP contribution in [0.5, 0.6) is 0 Å². The van der Waals surface area contributed by atoms with E-state index in [0.29, 0.717) is 18.7 Å². The van der Waals surface area contributed by atoms with Crippen molar-refractivity contribution in [2.75, 3.05) is 19.6 Å². The molecule has 1 saturated heterocycles. The Labute approximate surface area is 157 Å². The van der Waals surface area contributed by atoms with Gasteiger partial charge in [-0.05, 0) is 44.5 Å². The van der Waals surface area contributed by atoms with E-state index in [9.17, 15) is 13.6 Å². The normalized spacial score (nSPS) is 15.1. The van der Waals surface area contributed by atoms with E-state index in [-0.39, 0.29) is 23.3 Å². The Kier molecular flexibility index (Phi) is 6.55. The largest absolute Gasteiger partial charge is 0.441 e. The number of hydrogen-bond acceptors (Lipinski definition) is 4. The van der Waals surface area contributed by atoms with Gasteiger partial charge in [0.2, 0.25) is 5.91 Å². The molecular formula is C20H25F2N3O2. The quantitative estimate of drug-likeness (QED) is 0.802. The summed E-state index contributed by atoms with van der Waals surface area (Å²) in [4.78, 5) is 18.8. The van der Waals surface area contributed by atoms with E-state index in [1.54, 1.807) is 0 Å². The van der Waals surface area contributed by atoms with Crippen LogP contribution in [-0.2, 0) is 11.2 Å². The molecule has 0 atom stereocenters. The first-order valence-corrected chi connectivity index (χ1v) is 9.48. The molecular weight excluding hydrogens is 352 g/mol. The Morgan fingerprint density at radius 2 is 2.11 bits per heavy atom. The van der Waals surface area contributed by atoms with Gasteiger partial charge in [-0.2, -0.15) is 0 Å². The number of aromatic nitrogens is 1. The molecule has 1 aromatic heterocycles. The topological polar surface area (TPSA) is 58.4 Å². The van der Waals surface area contributed by atoms with Crippen molar-refractivity contribution in [1.29, 1.82) is 0 Å². The molecule has 0 saturated carbocycles. The number of carbonyl (C=O) groups is 1. The Morgan fingerprint density at radius 3 is 2.81 bits per heavy atom. The Bertz CT molecular complexity index is 772. The number of amides is 1. The maximum Gasteiger partial charge on any atom is 0.223 e. The summed E-state index contributed by atoms with van der Waals surface area (Å²) in [6.07, 6.45) is 4.93. The van der Waals surface area contributed by atoms with Crippen molar-refractivity contribution in [3.8, 4) is 11.3 Å². The lowest BCUT2D eigenvalue weighted by atomic mass is 10.0. The number of halogens is 2. The lowest BCUT2D eigenvalue weighted by Gasteiger charge is -2.34. The maximum absolute atomic E-state index is 13.9. The molecule has 2 heterocycles. The second-order valence-electron chi connectivity index (χ2n) is 6.81. The van der Waals surface area contributed by atoms with Crippen molar-refractivity contribution in [1.82, 2.24) is 15.2 Å². The summed E-state index contributed by atoms with van der Waals surface area (Å²) in [6, 6.07) is 3.58. The van der Waals surface area contributed by atoms with E-state index in [1.807, 2.05) is 4.90 Å². The number of piperidine rings is 1. The van der Waals surface area contributed by atoms with Crippen molar-refractivity contribution >= 4 is 5.91 Å². The predicted molar refractivity (Wildman–Crippen MR) is 98.1 cm³/mol. The van der Waals surface area contributed by atoms with Crippen LogP contribution in [0.2, 0.25) is 0 Å². The first-order chi connectivity index (χ1) is 13.1. The average Bonchev–Trinajstić information content (AvgIpc) is 3.13. The summed E-state index contributed by atoms with van der Waals surface area (Å²) < 4.78 is 32.5. The Hall–Kier alpha value is -2.28. The third kappa shape index (κ3) is 4.91. The highest BCUT2D eigenvalue weighted by atomic mass is 19.1. The van der Waals surface area contributed by atoms with Gasteiger partial charge in [0.15, 0.2) is 11.7 Å². The number of nitrogens with zero attached hydrogens (tertiary/aromatic N) is 2. The number of carbonyl (C=O) groups excluding carboxylic acids is 1. The molecule has 27 heavy (non-hydrogen) atoms. The molecule has 1 amide bonds. The van der Waals surface area contributed by atoms with Gasteiger partial charge in [-0.25, -0.2) is 13.8 Å². The molecule has 1 aromatic carbocycles. The monoisotopic (exact) mass is 377 g/mol. The number of oxazole rings is 1. The van der Waals surface area contributed by atoms with Crippen LogP contribution in [0.15, 0.2) is 28.8 Å². The van der Waals surface area contributed by atoms with Gasteiger partial charge in [0, 0.05) is 31.5 Å². The molecule has 7 heteroatoms. The fourth-order valence-electron chi connectivity index (χ4n) is 3.47. The molecule has 0 radical (unpaired) electrons. The fraction of sp³-hybridized carbons (Fsp3) is 0.500. The van der Waals surface area contributed by atoms with E-state index in [1.165, 1.54) is 18.3 Å². The van der Waals surface area contributed by atoms with Crippen LogP contribution in [0, 0.1) is 11.6 Å². The highest BCUT2D eigenvalue weighted by Gasteiger charge is 2.24. The first kappa shape index (κ1) is 19.5. The molecule has 2 aromatic rings. The minimum Gasteiger partial charge on any atom is -0.441 e. The first-order valence-electron chi connectivity index (χ1n) is 9.48. The van der Waals surface area contributed by atoms with E-state index >= 15 is 0 Å². The zero-order chi connectivity index (χ0) is 19.2. The van der Waals surface area contributed by atoms with Crippen molar-refractivity contribution in [2.45, 2.75) is 45.1 Å².